The molecule has 1 aromatic heterocycles. The molecule has 0 bridgehead atoms. The lowest BCUT2D eigenvalue weighted by Crippen LogP contribution is -2.22. The Bertz CT molecular complexity index is 326. The van der Waals surface area contributed by atoms with Gasteiger partial charge in [-0.05, 0) is 22.4 Å². The Morgan fingerprint density at radius 1 is 1.86 bits per heavy atom. The fourth-order valence-corrected chi connectivity index (χ4v) is 2.64. The Hall–Kier alpha value is -0.390. The monoisotopic (exact) mass is 259 g/mol. The second kappa shape index (κ2) is 3.32. The first-order chi connectivity index (χ1) is 6.64. The fourth-order valence-electron chi connectivity index (χ4n) is 2.01. The van der Waals surface area contributed by atoms with Crippen LogP contribution in [0.2, 0.25) is 0 Å². The third kappa shape index (κ3) is 1.31. The fraction of sp³-hybridized carbons (Fsp3) is 0.667. The molecule has 0 saturated heterocycles. The van der Waals surface area contributed by atoms with E-state index in [0.717, 1.165) is 16.6 Å². The molecule has 0 aliphatic heterocycles. The van der Waals surface area contributed by atoms with Crippen LogP contribution < -0.4 is 5.73 Å². The first-order valence-electron chi connectivity index (χ1n) is 4.63. The first kappa shape index (κ1) is 10.1. The van der Waals surface area contributed by atoms with Gasteiger partial charge in [-0.3, -0.25) is 4.68 Å². The van der Waals surface area contributed by atoms with Crippen molar-refractivity contribution in [3.05, 3.63) is 16.4 Å². The van der Waals surface area contributed by atoms with Crippen molar-refractivity contribution in [1.29, 1.82) is 0 Å². The minimum absolute atomic E-state index is 0.101. The van der Waals surface area contributed by atoms with Gasteiger partial charge >= 0.3 is 0 Å². The van der Waals surface area contributed by atoms with E-state index in [0.29, 0.717) is 12.5 Å². The van der Waals surface area contributed by atoms with Crippen LogP contribution in [0, 0.1) is 5.41 Å². The lowest BCUT2D eigenvalue weighted by Gasteiger charge is -2.11. The Morgan fingerprint density at radius 3 is 2.93 bits per heavy atom. The molecule has 14 heavy (non-hydrogen) atoms. The first-order valence-corrected chi connectivity index (χ1v) is 5.42. The molecule has 2 unspecified atom stereocenters. The van der Waals surface area contributed by atoms with E-state index >= 15 is 0 Å². The molecular weight excluding hydrogens is 246 g/mol. The number of aliphatic hydroxyl groups excluding tert-OH is 1. The molecule has 1 aromatic rings. The van der Waals surface area contributed by atoms with Gasteiger partial charge in [0.2, 0.25) is 0 Å². The van der Waals surface area contributed by atoms with Crippen LogP contribution in [0.1, 0.15) is 18.0 Å². The van der Waals surface area contributed by atoms with Gasteiger partial charge in [-0.25, -0.2) is 0 Å². The number of rotatable bonds is 3. The SMILES string of the molecule is Cn1ncc(Br)c1C1CC1(CN)CO. The van der Waals surface area contributed by atoms with Crippen molar-refractivity contribution in [2.24, 2.45) is 18.2 Å². The molecule has 1 aliphatic rings. The van der Waals surface area contributed by atoms with Crippen LogP contribution in [0.5, 0.6) is 0 Å². The largest absolute Gasteiger partial charge is 0.396 e. The van der Waals surface area contributed by atoms with E-state index in [1.165, 1.54) is 0 Å². The minimum Gasteiger partial charge on any atom is -0.396 e. The van der Waals surface area contributed by atoms with Gasteiger partial charge in [0.15, 0.2) is 0 Å². The van der Waals surface area contributed by atoms with Crippen molar-refractivity contribution in [2.45, 2.75) is 12.3 Å². The van der Waals surface area contributed by atoms with Crippen LogP contribution in [0.3, 0.4) is 0 Å². The van der Waals surface area contributed by atoms with Crippen LogP contribution in [0.25, 0.3) is 0 Å². The van der Waals surface area contributed by atoms with Gasteiger partial charge in [0, 0.05) is 24.9 Å². The summed E-state index contributed by atoms with van der Waals surface area (Å²) < 4.78 is 2.86. The van der Waals surface area contributed by atoms with Crippen molar-refractivity contribution in [1.82, 2.24) is 9.78 Å². The molecule has 1 aliphatic carbocycles. The second-order valence-corrected chi connectivity index (χ2v) is 4.84. The van der Waals surface area contributed by atoms with Gasteiger partial charge in [-0.1, -0.05) is 0 Å². The Labute approximate surface area is 91.2 Å². The highest BCUT2D eigenvalue weighted by atomic mass is 79.9. The van der Waals surface area contributed by atoms with Crippen molar-refractivity contribution >= 4 is 15.9 Å². The molecule has 1 heterocycles. The molecule has 0 radical (unpaired) electrons. The molecule has 1 fully saturated rings. The molecule has 0 amide bonds. The molecule has 0 spiro atoms. The summed E-state index contributed by atoms with van der Waals surface area (Å²) in [4.78, 5) is 0. The maximum Gasteiger partial charge on any atom is 0.0635 e. The normalized spacial score (nSPS) is 30.7. The Morgan fingerprint density at radius 2 is 2.57 bits per heavy atom. The molecule has 78 valence electrons. The van der Waals surface area contributed by atoms with Crippen LogP contribution >= 0.6 is 15.9 Å². The summed E-state index contributed by atoms with van der Waals surface area (Å²) in [5, 5.41) is 13.4. The number of halogens is 1. The van der Waals surface area contributed by atoms with Crippen LogP contribution in [0.15, 0.2) is 10.7 Å². The summed E-state index contributed by atoms with van der Waals surface area (Å²) >= 11 is 3.46. The summed E-state index contributed by atoms with van der Waals surface area (Å²) in [7, 11) is 1.91. The van der Waals surface area contributed by atoms with Crippen LogP contribution in [0.4, 0.5) is 0 Å². The molecular formula is C9H14BrN3O. The third-order valence-electron chi connectivity index (χ3n) is 3.18. The highest BCUT2D eigenvalue weighted by molar-refractivity contribution is 9.10. The predicted molar refractivity (Wildman–Crippen MR) is 56.8 cm³/mol. The number of hydrogen-bond donors (Lipinski definition) is 2. The quantitative estimate of drug-likeness (QED) is 0.836. The van der Waals surface area contributed by atoms with Crippen molar-refractivity contribution in [3.63, 3.8) is 0 Å². The number of nitrogens with two attached hydrogens (primary N) is 1. The van der Waals surface area contributed by atoms with E-state index in [-0.39, 0.29) is 12.0 Å². The zero-order chi connectivity index (χ0) is 10.3. The minimum atomic E-state index is -0.101. The van der Waals surface area contributed by atoms with E-state index in [4.69, 9.17) is 5.73 Å². The van der Waals surface area contributed by atoms with Gasteiger partial charge < -0.3 is 10.8 Å². The van der Waals surface area contributed by atoms with Gasteiger partial charge in [-0.2, -0.15) is 5.10 Å². The van der Waals surface area contributed by atoms with E-state index in [2.05, 4.69) is 21.0 Å². The second-order valence-electron chi connectivity index (χ2n) is 3.98. The van der Waals surface area contributed by atoms with Crippen LogP contribution in [-0.4, -0.2) is 28.0 Å². The molecule has 4 nitrogen and oxygen atoms in total. The highest BCUT2D eigenvalue weighted by Gasteiger charge is 2.55. The number of aromatic nitrogens is 2. The summed E-state index contributed by atoms with van der Waals surface area (Å²) in [6.45, 7) is 0.692. The van der Waals surface area contributed by atoms with Gasteiger partial charge in [0.25, 0.3) is 0 Å². The van der Waals surface area contributed by atoms with Gasteiger partial charge in [0.1, 0.15) is 0 Å². The molecule has 1 saturated carbocycles. The number of aliphatic hydroxyl groups is 1. The summed E-state index contributed by atoms with van der Waals surface area (Å²) in [6, 6.07) is 0. The zero-order valence-corrected chi connectivity index (χ0v) is 9.66. The number of hydrogen-bond acceptors (Lipinski definition) is 3. The molecule has 0 aromatic carbocycles. The van der Waals surface area contributed by atoms with Crippen molar-refractivity contribution in [3.8, 4) is 0 Å². The molecule has 2 atom stereocenters. The highest BCUT2D eigenvalue weighted by Crippen LogP contribution is 2.59. The molecule has 5 heteroatoms. The summed E-state index contributed by atoms with van der Waals surface area (Å²) in [6.07, 6.45) is 2.74. The van der Waals surface area contributed by atoms with Gasteiger partial charge in [0.05, 0.1) is 23.0 Å². The Kier molecular flexibility index (Phi) is 2.41. The average Bonchev–Trinajstić information content (AvgIpc) is 2.82. The van der Waals surface area contributed by atoms with Crippen molar-refractivity contribution < 1.29 is 5.11 Å². The standard InChI is InChI=1S/C9H14BrN3O/c1-13-8(7(10)3-12-13)6-2-9(6,4-11)5-14/h3,6,14H,2,4-5,11H2,1H3. The average molecular weight is 260 g/mol. The number of nitrogens with zero attached hydrogens (tertiary/aromatic N) is 2. The van der Waals surface area contributed by atoms with E-state index in [9.17, 15) is 5.11 Å². The molecule has 3 N–H and O–H groups in total. The van der Waals surface area contributed by atoms with E-state index < -0.39 is 0 Å². The van der Waals surface area contributed by atoms with Crippen LogP contribution in [-0.2, 0) is 7.05 Å². The Balaban J connectivity index is 2.27. The summed E-state index contributed by atoms with van der Waals surface area (Å²) in [5.41, 5.74) is 6.71. The van der Waals surface area contributed by atoms with E-state index in [1.807, 2.05) is 11.7 Å². The number of aryl methyl sites for hydroxylation is 1. The third-order valence-corrected chi connectivity index (χ3v) is 3.79. The van der Waals surface area contributed by atoms with Crippen molar-refractivity contribution in [2.75, 3.05) is 13.2 Å². The maximum absolute atomic E-state index is 9.28. The predicted octanol–water partition coefficient (Wildman–Crippen LogP) is 0.607. The zero-order valence-electron chi connectivity index (χ0n) is 8.07. The topological polar surface area (TPSA) is 64.1 Å². The molecule has 2 rings (SSSR count). The lowest BCUT2D eigenvalue weighted by molar-refractivity contribution is 0.210. The maximum atomic E-state index is 9.28. The van der Waals surface area contributed by atoms with Gasteiger partial charge in [-0.15, -0.1) is 0 Å². The smallest absolute Gasteiger partial charge is 0.0635 e. The lowest BCUT2D eigenvalue weighted by atomic mass is 10.0. The van der Waals surface area contributed by atoms with E-state index in [1.54, 1.807) is 6.20 Å². The summed E-state index contributed by atoms with van der Waals surface area (Å²) in [5.74, 6) is 0.347.